The van der Waals surface area contributed by atoms with E-state index >= 15 is 0 Å². The van der Waals surface area contributed by atoms with Gasteiger partial charge >= 0.3 is 5.97 Å². The SMILES string of the molecule is CCCCOc1ccc(C(=O)Oc2ccc(C(=O)c3ccccc3)cc2)cc1. The van der Waals surface area contributed by atoms with Gasteiger partial charge in [-0.3, -0.25) is 4.79 Å². The normalized spacial score (nSPS) is 10.3. The maximum atomic E-state index is 12.4. The zero-order valence-corrected chi connectivity index (χ0v) is 15.8. The molecule has 0 atom stereocenters. The van der Waals surface area contributed by atoms with Crippen molar-refractivity contribution in [2.24, 2.45) is 0 Å². The molecule has 0 heterocycles. The summed E-state index contributed by atoms with van der Waals surface area (Å²) in [5, 5.41) is 0. The first-order valence-electron chi connectivity index (χ1n) is 9.32. The van der Waals surface area contributed by atoms with E-state index in [1.54, 1.807) is 60.7 Å². The highest BCUT2D eigenvalue weighted by molar-refractivity contribution is 6.09. The Morgan fingerprint density at radius 1 is 0.714 bits per heavy atom. The summed E-state index contributed by atoms with van der Waals surface area (Å²) in [7, 11) is 0. The van der Waals surface area contributed by atoms with E-state index in [1.807, 2.05) is 18.2 Å². The number of ether oxygens (including phenoxy) is 2. The Bertz CT molecular complexity index is 913. The fourth-order valence-electron chi connectivity index (χ4n) is 2.62. The number of carbonyl (C=O) groups is 2. The molecular weight excluding hydrogens is 352 g/mol. The number of carbonyl (C=O) groups excluding carboxylic acids is 2. The topological polar surface area (TPSA) is 52.6 Å². The van der Waals surface area contributed by atoms with Gasteiger partial charge in [-0.05, 0) is 55.0 Å². The molecule has 28 heavy (non-hydrogen) atoms. The largest absolute Gasteiger partial charge is 0.494 e. The first-order chi connectivity index (χ1) is 13.7. The van der Waals surface area contributed by atoms with E-state index in [1.165, 1.54) is 0 Å². The molecule has 0 saturated heterocycles. The standard InChI is InChI=1S/C24H22O4/c1-2-3-17-27-21-13-11-20(12-14-21)24(26)28-22-15-9-19(10-16-22)23(25)18-7-5-4-6-8-18/h4-16H,2-3,17H2,1H3. The first-order valence-corrected chi connectivity index (χ1v) is 9.32. The molecule has 3 rings (SSSR count). The Morgan fingerprint density at radius 3 is 1.93 bits per heavy atom. The average molecular weight is 374 g/mol. The number of hydrogen-bond acceptors (Lipinski definition) is 4. The van der Waals surface area contributed by atoms with Crippen molar-refractivity contribution in [1.29, 1.82) is 0 Å². The lowest BCUT2D eigenvalue weighted by molar-refractivity contribution is 0.0734. The fourth-order valence-corrected chi connectivity index (χ4v) is 2.62. The molecule has 0 aliphatic rings. The van der Waals surface area contributed by atoms with Gasteiger partial charge in [0.25, 0.3) is 0 Å². The van der Waals surface area contributed by atoms with Gasteiger partial charge in [0, 0.05) is 11.1 Å². The van der Waals surface area contributed by atoms with Gasteiger partial charge in [0.2, 0.25) is 0 Å². The molecule has 0 spiro atoms. The van der Waals surface area contributed by atoms with Crippen LogP contribution in [0.4, 0.5) is 0 Å². The molecule has 0 N–H and O–H groups in total. The smallest absolute Gasteiger partial charge is 0.343 e. The van der Waals surface area contributed by atoms with E-state index < -0.39 is 5.97 Å². The lowest BCUT2D eigenvalue weighted by Crippen LogP contribution is -2.09. The highest BCUT2D eigenvalue weighted by atomic mass is 16.5. The third kappa shape index (κ3) is 5.07. The van der Waals surface area contributed by atoms with Gasteiger partial charge < -0.3 is 9.47 Å². The van der Waals surface area contributed by atoms with Crippen LogP contribution in [0.1, 0.15) is 46.0 Å². The molecule has 3 aromatic rings. The van der Waals surface area contributed by atoms with Gasteiger partial charge in [-0.1, -0.05) is 43.7 Å². The summed E-state index contributed by atoms with van der Waals surface area (Å²) in [6.45, 7) is 2.76. The summed E-state index contributed by atoms with van der Waals surface area (Å²) in [6.07, 6.45) is 2.06. The molecule has 4 heteroatoms. The Balaban J connectivity index is 1.60. The van der Waals surface area contributed by atoms with Crippen LogP contribution in [0.2, 0.25) is 0 Å². The van der Waals surface area contributed by atoms with E-state index in [9.17, 15) is 9.59 Å². The Kier molecular flexibility index (Phi) is 6.58. The third-order valence-electron chi connectivity index (χ3n) is 4.22. The van der Waals surface area contributed by atoms with E-state index in [-0.39, 0.29) is 5.78 Å². The molecule has 0 fully saturated rings. The predicted molar refractivity (Wildman–Crippen MR) is 108 cm³/mol. The Morgan fingerprint density at radius 2 is 1.29 bits per heavy atom. The van der Waals surface area contributed by atoms with Crippen LogP contribution in [0.25, 0.3) is 0 Å². The third-order valence-corrected chi connectivity index (χ3v) is 4.22. The van der Waals surface area contributed by atoms with Crippen molar-refractivity contribution in [3.05, 3.63) is 95.6 Å². The average Bonchev–Trinajstić information content (AvgIpc) is 2.75. The Hall–Kier alpha value is -3.40. The summed E-state index contributed by atoms with van der Waals surface area (Å²) in [6, 6.07) is 22.5. The molecule has 0 saturated carbocycles. The van der Waals surface area contributed by atoms with Gasteiger partial charge in [0.15, 0.2) is 5.78 Å². The summed E-state index contributed by atoms with van der Waals surface area (Å²) >= 11 is 0. The van der Waals surface area contributed by atoms with Gasteiger partial charge in [0.05, 0.1) is 12.2 Å². The zero-order chi connectivity index (χ0) is 19.8. The number of hydrogen-bond donors (Lipinski definition) is 0. The van der Waals surface area contributed by atoms with Crippen LogP contribution in [0, 0.1) is 0 Å². The molecule has 0 unspecified atom stereocenters. The molecular formula is C24H22O4. The van der Waals surface area contributed by atoms with Gasteiger partial charge in [-0.15, -0.1) is 0 Å². The highest BCUT2D eigenvalue weighted by Crippen LogP contribution is 2.18. The van der Waals surface area contributed by atoms with E-state index in [4.69, 9.17) is 9.47 Å². The molecule has 0 bridgehead atoms. The van der Waals surface area contributed by atoms with Crippen molar-refractivity contribution >= 4 is 11.8 Å². The fraction of sp³-hybridized carbons (Fsp3) is 0.167. The molecule has 142 valence electrons. The summed E-state index contributed by atoms with van der Waals surface area (Å²) < 4.78 is 11.0. The maximum Gasteiger partial charge on any atom is 0.343 e. The van der Waals surface area contributed by atoms with Crippen LogP contribution in [0.15, 0.2) is 78.9 Å². The predicted octanol–water partition coefficient (Wildman–Crippen LogP) is 5.32. The highest BCUT2D eigenvalue weighted by Gasteiger charge is 2.11. The van der Waals surface area contributed by atoms with Gasteiger partial charge in [0.1, 0.15) is 11.5 Å². The number of rotatable bonds is 8. The van der Waals surface area contributed by atoms with E-state index in [0.717, 1.165) is 18.6 Å². The lowest BCUT2D eigenvalue weighted by atomic mass is 10.0. The molecule has 0 amide bonds. The quantitative estimate of drug-likeness (QED) is 0.232. The van der Waals surface area contributed by atoms with Crippen LogP contribution >= 0.6 is 0 Å². The van der Waals surface area contributed by atoms with E-state index in [0.29, 0.717) is 29.0 Å². The monoisotopic (exact) mass is 374 g/mol. The molecule has 0 aliphatic carbocycles. The van der Waals surface area contributed by atoms with Crippen molar-refractivity contribution < 1.29 is 19.1 Å². The molecule has 0 radical (unpaired) electrons. The second-order valence-electron chi connectivity index (χ2n) is 6.34. The maximum absolute atomic E-state index is 12.4. The number of unbranched alkanes of at least 4 members (excludes halogenated alkanes) is 1. The molecule has 4 nitrogen and oxygen atoms in total. The van der Waals surface area contributed by atoms with Gasteiger partial charge in [-0.25, -0.2) is 4.79 Å². The minimum Gasteiger partial charge on any atom is -0.494 e. The molecule has 0 aromatic heterocycles. The first kappa shape index (κ1) is 19.4. The summed E-state index contributed by atoms with van der Waals surface area (Å²) in [5.41, 5.74) is 1.60. The number of ketones is 1. The van der Waals surface area contributed by atoms with Crippen LogP contribution in [0.3, 0.4) is 0 Å². The summed E-state index contributed by atoms with van der Waals surface area (Å²) in [4.78, 5) is 24.7. The lowest BCUT2D eigenvalue weighted by Gasteiger charge is -2.08. The second kappa shape index (κ2) is 9.51. The summed E-state index contributed by atoms with van der Waals surface area (Å²) in [5.74, 6) is 0.589. The number of esters is 1. The van der Waals surface area contributed by atoms with Crippen molar-refractivity contribution in [2.45, 2.75) is 19.8 Å². The zero-order valence-electron chi connectivity index (χ0n) is 15.8. The minimum absolute atomic E-state index is 0.0721. The van der Waals surface area contributed by atoms with Crippen LogP contribution in [-0.4, -0.2) is 18.4 Å². The van der Waals surface area contributed by atoms with Crippen LogP contribution < -0.4 is 9.47 Å². The van der Waals surface area contributed by atoms with Crippen molar-refractivity contribution in [2.75, 3.05) is 6.61 Å². The van der Waals surface area contributed by atoms with Crippen molar-refractivity contribution in [3.63, 3.8) is 0 Å². The number of benzene rings is 3. The second-order valence-corrected chi connectivity index (χ2v) is 6.34. The molecule has 3 aromatic carbocycles. The Labute approximate surface area is 164 Å². The minimum atomic E-state index is -0.456. The van der Waals surface area contributed by atoms with Crippen molar-refractivity contribution in [3.8, 4) is 11.5 Å². The van der Waals surface area contributed by atoms with Crippen LogP contribution in [-0.2, 0) is 0 Å². The van der Waals surface area contributed by atoms with Crippen molar-refractivity contribution in [1.82, 2.24) is 0 Å². The van der Waals surface area contributed by atoms with Crippen LogP contribution in [0.5, 0.6) is 11.5 Å². The van der Waals surface area contributed by atoms with E-state index in [2.05, 4.69) is 6.92 Å². The van der Waals surface area contributed by atoms with Gasteiger partial charge in [-0.2, -0.15) is 0 Å². The molecule has 0 aliphatic heterocycles.